The van der Waals surface area contributed by atoms with Crippen LogP contribution in [0.2, 0.25) is 0 Å². The maximum Gasteiger partial charge on any atom is 0.273 e. The van der Waals surface area contributed by atoms with Crippen molar-refractivity contribution >= 4 is 11.5 Å². The van der Waals surface area contributed by atoms with Crippen LogP contribution in [0.4, 0.5) is 5.69 Å². The number of hydrogen-bond acceptors (Lipinski definition) is 5. The van der Waals surface area contributed by atoms with Gasteiger partial charge in [-0.2, -0.15) is 0 Å². The Morgan fingerprint density at radius 3 is 2.52 bits per heavy atom. The highest BCUT2D eigenvalue weighted by molar-refractivity contribution is 5.97. The van der Waals surface area contributed by atoms with E-state index in [2.05, 4.69) is 0 Å². The lowest BCUT2D eigenvalue weighted by molar-refractivity contribution is -0.385. The highest BCUT2D eigenvalue weighted by Gasteiger charge is 2.14. The largest absolute Gasteiger partial charge is 0.489 e. The van der Waals surface area contributed by atoms with E-state index in [1.807, 2.05) is 30.3 Å². The molecule has 0 bridgehead atoms. The number of ketones is 1. The first-order valence-electron chi connectivity index (χ1n) is 6.20. The molecule has 0 saturated carbocycles. The van der Waals surface area contributed by atoms with Crippen LogP contribution in [0.5, 0.6) is 5.75 Å². The van der Waals surface area contributed by atoms with E-state index in [0.717, 1.165) is 11.6 Å². The number of nitro groups is 1. The van der Waals surface area contributed by atoms with Crippen molar-refractivity contribution in [2.75, 3.05) is 6.61 Å². The molecule has 2 aromatic carbocycles. The molecular weight excluding hydrogens is 274 g/mol. The fourth-order valence-corrected chi connectivity index (χ4v) is 1.77. The number of carbonyl (C=O) groups excluding carboxylic acids is 1. The minimum Gasteiger partial charge on any atom is -0.489 e. The zero-order chi connectivity index (χ0) is 15.2. The second-order valence-electron chi connectivity index (χ2n) is 4.33. The van der Waals surface area contributed by atoms with Crippen molar-refractivity contribution in [1.29, 1.82) is 0 Å². The van der Waals surface area contributed by atoms with E-state index in [-0.39, 0.29) is 23.6 Å². The van der Waals surface area contributed by atoms with Crippen LogP contribution in [0.3, 0.4) is 0 Å². The van der Waals surface area contributed by atoms with Crippen LogP contribution in [-0.4, -0.2) is 22.4 Å². The van der Waals surface area contributed by atoms with E-state index >= 15 is 0 Å². The fraction of sp³-hybridized carbons (Fsp3) is 0.133. The van der Waals surface area contributed by atoms with Gasteiger partial charge in [0, 0.05) is 11.6 Å². The molecule has 6 heteroatoms. The summed E-state index contributed by atoms with van der Waals surface area (Å²) in [4.78, 5) is 21.7. The smallest absolute Gasteiger partial charge is 0.273 e. The Morgan fingerprint density at radius 1 is 1.19 bits per heavy atom. The number of rotatable bonds is 6. The summed E-state index contributed by atoms with van der Waals surface area (Å²) in [6.45, 7) is -0.478. The van der Waals surface area contributed by atoms with Gasteiger partial charge in [0.1, 0.15) is 19.0 Å². The summed E-state index contributed by atoms with van der Waals surface area (Å²) >= 11 is 0. The topological polar surface area (TPSA) is 89.7 Å². The van der Waals surface area contributed by atoms with Crippen molar-refractivity contribution in [2.45, 2.75) is 6.61 Å². The summed E-state index contributed by atoms with van der Waals surface area (Å²) in [5, 5.41) is 19.7. The molecule has 2 aromatic rings. The third-order valence-electron chi connectivity index (χ3n) is 2.82. The summed E-state index contributed by atoms with van der Waals surface area (Å²) in [6.07, 6.45) is 0. The molecule has 0 atom stereocenters. The standard InChI is InChI=1S/C15H13NO5/c17-9-15(18)12-6-13(16(19)20)8-14(7-12)21-10-11-4-2-1-3-5-11/h1-8,17H,9-10H2. The van der Waals surface area contributed by atoms with Crippen molar-refractivity contribution in [3.8, 4) is 5.75 Å². The van der Waals surface area contributed by atoms with Crippen molar-refractivity contribution in [3.63, 3.8) is 0 Å². The number of non-ortho nitro benzene ring substituents is 1. The van der Waals surface area contributed by atoms with E-state index < -0.39 is 17.3 Å². The Hall–Kier alpha value is -2.73. The molecule has 0 aliphatic carbocycles. The van der Waals surface area contributed by atoms with Gasteiger partial charge in [-0.1, -0.05) is 30.3 Å². The van der Waals surface area contributed by atoms with Gasteiger partial charge < -0.3 is 9.84 Å². The fourth-order valence-electron chi connectivity index (χ4n) is 1.77. The predicted octanol–water partition coefficient (Wildman–Crippen LogP) is 2.35. The second kappa shape index (κ2) is 6.62. The Labute approximate surface area is 120 Å². The molecule has 0 heterocycles. The number of benzene rings is 2. The van der Waals surface area contributed by atoms with E-state index in [4.69, 9.17) is 9.84 Å². The number of Topliss-reactive ketones (excluding diaryl/α,β-unsaturated/α-hetero) is 1. The van der Waals surface area contributed by atoms with Crippen molar-refractivity contribution < 1.29 is 19.6 Å². The van der Waals surface area contributed by atoms with Gasteiger partial charge in [0.05, 0.1) is 11.0 Å². The highest BCUT2D eigenvalue weighted by Crippen LogP contribution is 2.24. The normalized spacial score (nSPS) is 10.1. The van der Waals surface area contributed by atoms with Gasteiger partial charge in [-0.3, -0.25) is 14.9 Å². The second-order valence-corrected chi connectivity index (χ2v) is 4.33. The third-order valence-corrected chi connectivity index (χ3v) is 2.82. The van der Waals surface area contributed by atoms with Crippen LogP contribution in [0, 0.1) is 10.1 Å². The molecule has 0 unspecified atom stereocenters. The number of nitro benzene ring substituents is 1. The van der Waals surface area contributed by atoms with Crippen LogP contribution in [0.1, 0.15) is 15.9 Å². The van der Waals surface area contributed by atoms with E-state index in [9.17, 15) is 14.9 Å². The highest BCUT2D eigenvalue weighted by atomic mass is 16.6. The zero-order valence-corrected chi connectivity index (χ0v) is 11.1. The predicted molar refractivity (Wildman–Crippen MR) is 75.3 cm³/mol. The van der Waals surface area contributed by atoms with E-state index in [1.54, 1.807) is 0 Å². The molecule has 2 rings (SSSR count). The van der Waals surface area contributed by atoms with Gasteiger partial charge in [-0.25, -0.2) is 0 Å². The lowest BCUT2D eigenvalue weighted by Crippen LogP contribution is -2.06. The quantitative estimate of drug-likeness (QED) is 0.500. The van der Waals surface area contributed by atoms with Crippen LogP contribution in [0.15, 0.2) is 48.5 Å². The molecule has 1 N–H and O–H groups in total. The monoisotopic (exact) mass is 287 g/mol. The molecule has 108 valence electrons. The number of ether oxygens (including phenoxy) is 1. The van der Waals surface area contributed by atoms with Crippen LogP contribution >= 0.6 is 0 Å². The van der Waals surface area contributed by atoms with Gasteiger partial charge in [-0.05, 0) is 11.6 Å². The number of nitrogens with zero attached hydrogens (tertiary/aromatic N) is 1. The molecule has 0 aliphatic rings. The Morgan fingerprint density at radius 2 is 1.90 bits per heavy atom. The van der Waals surface area contributed by atoms with Crippen LogP contribution < -0.4 is 4.74 Å². The number of hydrogen-bond donors (Lipinski definition) is 1. The average Bonchev–Trinajstić information content (AvgIpc) is 2.52. The minimum absolute atomic E-state index is 0.0507. The average molecular weight is 287 g/mol. The number of carbonyl (C=O) groups is 1. The molecule has 0 fully saturated rings. The van der Waals surface area contributed by atoms with Gasteiger partial charge in [-0.15, -0.1) is 0 Å². The summed E-state index contributed by atoms with van der Waals surface area (Å²) in [6, 6.07) is 13.0. The molecule has 0 saturated heterocycles. The molecule has 21 heavy (non-hydrogen) atoms. The van der Waals surface area contributed by atoms with Crippen LogP contribution in [0.25, 0.3) is 0 Å². The Kier molecular flexibility index (Phi) is 4.63. The van der Waals surface area contributed by atoms with Gasteiger partial charge in [0.2, 0.25) is 0 Å². The Balaban J connectivity index is 2.23. The van der Waals surface area contributed by atoms with Crippen LogP contribution in [-0.2, 0) is 6.61 Å². The lowest BCUT2D eigenvalue weighted by Gasteiger charge is -2.08. The van der Waals surface area contributed by atoms with E-state index in [0.29, 0.717) is 0 Å². The minimum atomic E-state index is -0.709. The Bertz CT molecular complexity index is 654. The molecule has 6 nitrogen and oxygen atoms in total. The molecule has 0 amide bonds. The number of aliphatic hydroxyl groups excluding tert-OH is 1. The summed E-state index contributed by atoms with van der Waals surface area (Å²) in [5.41, 5.74) is 0.700. The van der Waals surface area contributed by atoms with E-state index in [1.165, 1.54) is 12.1 Å². The summed E-state index contributed by atoms with van der Waals surface area (Å²) in [5.74, 6) is -0.381. The van der Waals surface area contributed by atoms with Crippen molar-refractivity contribution in [1.82, 2.24) is 0 Å². The lowest BCUT2D eigenvalue weighted by atomic mass is 10.1. The third kappa shape index (κ3) is 3.87. The molecule has 0 spiro atoms. The van der Waals surface area contributed by atoms with Gasteiger partial charge in [0.15, 0.2) is 5.78 Å². The van der Waals surface area contributed by atoms with Gasteiger partial charge in [0.25, 0.3) is 5.69 Å². The molecule has 0 radical (unpaired) electrons. The first kappa shape index (κ1) is 14.7. The first-order chi connectivity index (χ1) is 10.1. The number of aliphatic hydroxyl groups is 1. The van der Waals surface area contributed by atoms with Crippen molar-refractivity contribution in [3.05, 3.63) is 69.8 Å². The van der Waals surface area contributed by atoms with Gasteiger partial charge >= 0.3 is 0 Å². The maximum atomic E-state index is 11.5. The molecule has 0 aromatic heterocycles. The summed E-state index contributed by atoms with van der Waals surface area (Å²) < 4.78 is 5.48. The first-order valence-corrected chi connectivity index (χ1v) is 6.20. The zero-order valence-electron chi connectivity index (χ0n) is 11.1. The molecular formula is C15H13NO5. The SMILES string of the molecule is O=C(CO)c1cc(OCc2ccccc2)cc([N+](=O)[O-])c1. The maximum absolute atomic E-state index is 11.5. The molecule has 0 aliphatic heterocycles. The van der Waals surface area contributed by atoms with Crippen molar-refractivity contribution in [2.24, 2.45) is 0 Å². The summed E-state index contributed by atoms with van der Waals surface area (Å²) in [7, 11) is 0.